The molecule has 5 rings (SSSR count). The van der Waals surface area contributed by atoms with E-state index in [0.717, 1.165) is 26.5 Å². The van der Waals surface area contributed by atoms with E-state index in [1.165, 1.54) is 6.21 Å². The lowest BCUT2D eigenvalue weighted by Gasteiger charge is -2.08. The summed E-state index contributed by atoms with van der Waals surface area (Å²) >= 11 is 3.62. The highest BCUT2D eigenvalue weighted by Crippen LogP contribution is 2.40. The average Bonchev–Trinajstić information content (AvgIpc) is 3.36. The van der Waals surface area contributed by atoms with Gasteiger partial charge in [0, 0.05) is 21.0 Å². The highest BCUT2D eigenvalue weighted by atomic mass is 79.9. The quantitative estimate of drug-likeness (QED) is 0.0946. The highest BCUT2D eigenvalue weighted by molar-refractivity contribution is 9.10. The van der Waals surface area contributed by atoms with Crippen LogP contribution in [0.25, 0.3) is 22.0 Å². The van der Waals surface area contributed by atoms with E-state index < -0.39 is 11.9 Å². The molecule has 1 amide bonds. The minimum absolute atomic E-state index is 0.325. The van der Waals surface area contributed by atoms with E-state index in [2.05, 4.69) is 31.4 Å². The number of halogens is 1. The standard InChI is InChI=1S/C31H24BrN3O4/c1-19-9-8-13-21(17-19)31(37)39-24-14-7-6-12-22(24)18-33-35-30(36)29-26(20-10-4-3-5-11-20)27-23(32)15-16-25(38-2)28(27)34-29/h3-18,34H,1-2H3,(H,35,36). The molecule has 0 saturated carbocycles. The Bertz CT molecular complexity index is 1710. The fourth-order valence-electron chi connectivity index (χ4n) is 4.30. The van der Waals surface area contributed by atoms with Crippen molar-refractivity contribution >= 4 is 44.9 Å². The largest absolute Gasteiger partial charge is 0.495 e. The van der Waals surface area contributed by atoms with E-state index in [1.807, 2.05) is 55.5 Å². The van der Waals surface area contributed by atoms with Crippen LogP contribution in [0.4, 0.5) is 0 Å². The highest BCUT2D eigenvalue weighted by Gasteiger charge is 2.23. The summed E-state index contributed by atoms with van der Waals surface area (Å²) in [6.07, 6.45) is 1.44. The number of methoxy groups -OCH3 is 1. The first-order chi connectivity index (χ1) is 19.0. The number of rotatable bonds is 7. The number of nitrogens with one attached hydrogen (secondary N) is 2. The van der Waals surface area contributed by atoms with Gasteiger partial charge in [-0.25, -0.2) is 10.2 Å². The zero-order valence-corrected chi connectivity index (χ0v) is 22.8. The number of hydrogen-bond donors (Lipinski definition) is 2. The predicted molar refractivity (Wildman–Crippen MR) is 156 cm³/mol. The number of ether oxygens (including phenoxy) is 2. The molecule has 4 aromatic carbocycles. The van der Waals surface area contributed by atoms with Crippen molar-refractivity contribution in [3.63, 3.8) is 0 Å². The van der Waals surface area contributed by atoms with Gasteiger partial charge in [0.15, 0.2) is 0 Å². The predicted octanol–water partition coefficient (Wildman–Crippen LogP) is 6.90. The third-order valence-electron chi connectivity index (χ3n) is 6.12. The summed E-state index contributed by atoms with van der Waals surface area (Å²) < 4.78 is 12.0. The Labute approximate surface area is 233 Å². The van der Waals surface area contributed by atoms with Gasteiger partial charge < -0.3 is 14.5 Å². The van der Waals surface area contributed by atoms with Crippen molar-refractivity contribution in [1.29, 1.82) is 0 Å². The number of para-hydroxylation sites is 1. The van der Waals surface area contributed by atoms with Crippen molar-refractivity contribution in [2.75, 3.05) is 7.11 Å². The van der Waals surface area contributed by atoms with Gasteiger partial charge in [0.25, 0.3) is 5.91 Å². The lowest BCUT2D eigenvalue weighted by Crippen LogP contribution is -2.19. The molecule has 194 valence electrons. The normalized spacial score (nSPS) is 11.1. The number of carbonyl (C=O) groups is 2. The number of nitrogens with zero attached hydrogens (tertiary/aromatic N) is 1. The Morgan fingerprint density at radius 3 is 2.46 bits per heavy atom. The summed E-state index contributed by atoms with van der Waals surface area (Å²) in [5.74, 6) is 0.0155. The van der Waals surface area contributed by atoms with Gasteiger partial charge in [0.1, 0.15) is 17.2 Å². The van der Waals surface area contributed by atoms with Crippen LogP contribution >= 0.6 is 15.9 Å². The molecular formula is C31H24BrN3O4. The number of aromatic nitrogens is 1. The maximum absolute atomic E-state index is 13.4. The van der Waals surface area contributed by atoms with E-state index >= 15 is 0 Å². The SMILES string of the molecule is COc1ccc(Br)c2c(-c3ccccc3)c(C(=O)NN=Cc3ccccc3OC(=O)c3cccc(C)c3)[nH]c12. The zero-order valence-electron chi connectivity index (χ0n) is 21.2. The van der Waals surface area contributed by atoms with Gasteiger partial charge in [0.2, 0.25) is 0 Å². The maximum Gasteiger partial charge on any atom is 0.343 e. The van der Waals surface area contributed by atoms with E-state index in [1.54, 1.807) is 49.6 Å². The second kappa shape index (κ2) is 11.4. The van der Waals surface area contributed by atoms with Gasteiger partial charge in [-0.05, 0) is 48.9 Å². The van der Waals surface area contributed by atoms with Gasteiger partial charge in [-0.15, -0.1) is 0 Å². The van der Waals surface area contributed by atoms with Crippen LogP contribution < -0.4 is 14.9 Å². The number of fused-ring (bicyclic) bond motifs is 1. The van der Waals surface area contributed by atoms with Gasteiger partial charge in [-0.3, -0.25) is 4.79 Å². The fourth-order valence-corrected chi connectivity index (χ4v) is 4.83. The van der Waals surface area contributed by atoms with Crippen molar-refractivity contribution in [3.8, 4) is 22.6 Å². The monoisotopic (exact) mass is 581 g/mol. The second-order valence-corrected chi connectivity index (χ2v) is 9.59. The number of benzene rings is 4. The molecule has 7 nitrogen and oxygen atoms in total. The second-order valence-electron chi connectivity index (χ2n) is 8.74. The van der Waals surface area contributed by atoms with Crippen LogP contribution in [0.1, 0.15) is 32.0 Å². The van der Waals surface area contributed by atoms with E-state index in [-0.39, 0.29) is 0 Å². The van der Waals surface area contributed by atoms with Crippen LogP contribution in [0.15, 0.2) is 101 Å². The molecule has 0 aliphatic heterocycles. The van der Waals surface area contributed by atoms with E-state index in [9.17, 15) is 9.59 Å². The van der Waals surface area contributed by atoms with Crippen molar-refractivity contribution in [1.82, 2.24) is 10.4 Å². The number of hydrazone groups is 1. The number of aromatic amines is 1. The van der Waals surface area contributed by atoms with Gasteiger partial charge in [-0.2, -0.15) is 5.10 Å². The summed E-state index contributed by atoms with van der Waals surface area (Å²) in [5.41, 5.74) is 7.13. The number of hydrogen-bond acceptors (Lipinski definition) is 5. The first-order valence-corrected chi connectivity index (χ1v) is 12.9. The average molecular weight is 582 g/mol. The number of carbonyl (C=O) groups excluding carboxylic acids is 2. The zero-order chi connectivity index (χ0) is 27.4. The van der Waals surface area contributed by atoms with Gasteiger partial charge in [0.05, 0.1) is 24.4 Å². The molecule has 0 aliphatic carbocycles. The summed E-state index contributed by atoms with van der Waals surface area (Å²) in [6.45, 7) is 1.91. The molecule has 1 heterocycles. The minimum Gasteiger partial charge on any atom is -0.495 e. The smallest absolute Gasteiger partial charge is 0.343 e. The molecule has 1 aromatic heterocycles. The van der Waals surface area contributed by atoms with Crippen LogP contribution in [0, 0.1) is 6.92 Å². The topological polar surface area (TPSA) is 92.8 Å². The molecule has 0 atom stereocenters. The molecule has 5 aromatic rings. The molecule has 0 fully saturated rings. The number of amides is 1. The molecule has 0 spiro atoms. The Kier molecular flexibility index (Phi) is 7.56. The Morgan fingerprint density at radius 2 is 1.69 bits per heavy atom. The Balaban J connectivity index is 1.43. The summed E-state index contributed by atoms with van der Waals surface area (Å²) in [7, 11) is 1.58. The Morgan fingerprint density at radius 1 is 0.923 bits per heavy atom. The molecule has 8 heteroatoms. The lowest BCUT2D eigenvalue weighted by atomic mass is 10.0. The molecule has 0 unspecified atom stereocenters. The van der Waals surface area contributed by atoms with Gasteiger partial charge >= 0.3 is 5.97 Å². The number of aryl methyl sites for hydroxylation is 1. The molecular weight excluding hydrogens is 558 g/mol. The molecule has 2 N–H and O–H groups in total. The summed E-state index contributed by atoms with van der Waals surface area (Å²) in [6, 6.07) is 27.5. The Hall–Kier alpha value is -4.69. The third-order valence-corrected chi connectivity index (χ3v) is 6.78. The van der Waals surface area contributed by atoms with Crippen molar-refractivity contribution in [3.05, 3.63) is 118 Å². The first-order valence-electron chi connectivity index (χ1n) is 12.1. The minimum atomic E-state index is -0.478. The molecule has 39 heavy (non-hydrogen) atoms. The number of H-pyrrole nitrogens is 1. The summed E-state index contributed by atoms with van der Waals surface area (Å²) in [5, 5.41) is 4.99. The molecule has 0 saturated heterocycles. The fraction of sp³-hybridized carbons (Fsp3) is 0.0645. The summed E-state index contributed by atoms with van der Waals surface area (Å²) in [4.78, 5) is 29.3. The van der Waals surface area contributed by atoms with E-state index in [0.29, 0.717) is 33.8 Å². The van der Waals surface area contributed by atoms with Crippen molar-refractivity contribution in [2.45, 2.75) is 6.92 Å². The number of esters is 1. The van der Waals surface area contributed by atoms with E-state index in [4.69, 9.17) is 9.47 Å². The van der Waals surface area contributed by atoms with Crippen LogP contribution in [-0.4, -0.2) is 30.2 Å². The van der Waals surface area contributed by atoms with Crippen LogP contribution in [-0.2, 0) is 0 Å². The van der Waals surface area contributed by atoms with Gasteiger partial charge in [-0.1, -0.05) is 76.1 Å². The first kappa shape index (κ1) is 25.9. The third kappa shape index (κ3) is 5.46. The molecule has 0 bridgehead atoms. The lowest BCUT2D eigenvalue weighted by molar-refractivity contribution is 0.0734. The van der Waals surface area contributed by atoms with Crippen LogP contribution in [0.3, 0.4) is 0 Å². The van der Waals surface area contributed by atoms with Crippen molar-refractivity contribution in [2.24, 2.45) is 5.10 Å². The molecule has 0 aliphatic rings. The van der Waals surface area contributed by atoms with Crippen LogP contribution in [0.2, 0.25) is 0 Å². The van der Waals surface area contributed by atoms with Crippen LogP contribution in [0.5, 0.6) is 11.5 Å². The van der Waals surface area contributed by atoms with Crippen molar-refractivity contribution < 1.29 is 19.1 Å². The molecule has 0 radical (unpaired) electrons. The maximum atomic E-state index is 13.4.